The Hall–Kier alpha value is 1.72. The number of rotatable bonds is 0. The van der Waals surface area contributed by atoms with Crippen LogP contribution >= 0.6 is 86.9 Å². The molecule has 1 rings (SSSR count). The minimum Gasteiger partial charge on any atom is -0.0830 e. The second kappa shape index (κ2) is 4.71. The molecule has 0 aliphatic rings. The first-order chi connectivity index (χ1) is 5.82. The molecule has 0 N–H and O–H groups in total. The fourth-order valence-electron chi connectivity index (χ4n) is 0.719. The van der Waals surface area contributed by atoms with Gasteiger partial charge in [-0.1, -0.05) is 71.0 Å². The molecule has 13 heavy (non-hydrogen) atoms. The zero-order chi connectivity index (χ0) is 10.2. The van der Waals surface area contributed by atoms with Crippen LogP contribution in [0.5, 0.6) is 0 Å². The van der Waals surface area contributed by atoms with E-state index in [-0.39, 0.29) is 0 Å². The van der Waals surface area contributed by atoms with Crippen molar-refractivity contribution in [3.05, 3.63) is 32.2 Å². The van der Waals surface area contributed by atoms with E-state index in [1.54, 1.807) is 12.1 Å². The summed E-state index contributed by atoms with van der Waals surface area (Å²) in [5.41, 5.74) is 0.894. The Morgan fingerprint density at radius 1 is 1.00 bits per heavy atom. The highest BCUT2D eigenvalue weighted by atomic mass is 80.0. The van der Waals surface area contributed by atoms with Crippen molar-refractivity contribution in [2.45, 2.75) is 2.14 Å². The maximum atomic E-state index is 5.93. The first-order valence-corrected chi connectivity index (χ1v) is 6.97. The number of halogens is 6. The third kappa shape index (κ3) is 3.35. The molecule has 0 amide bonds. The summed E-state index contributed by atoms with van der Waals surface area (Å²) in [5, 5.41) is 1.15. The molecule has 0 aliphatic carbocycles. The van der Waals surface area contributed by atoms with Crippen LogP contribution in [0.3, 0.4) is 0 Å². The molecule has 0 saturated carbocycles. The Bertz CT molecular complexity index is 309. The molecule has 0 spiro atoms. The normalized spacial score (nSPS) is 11.8. The largest absolute Gasteiger partial charge is 0.159 e. The monoisotopic (exact) mass is 472 g/mol. The quantitative estimate of drug-likeness (QED) is 0.316. The van der Waals surface area contributed by atoms with Gasteiger partial charge >= 0.3 is 0 Å². The highest BCUT2D eigenvalue weighted by molar-refractivity contribution is 9.38. The smallest absolute Gasteiger partial charge is 0.0830 e. The lowest BCUT2D eigenvalue weighted by Crippen LogP contribution is -1.97. The predicted molar refractivity (Wildman–Crippen MR) is 72.6 cm³/mol. The van der Waals surface area contributed by atoms with Gasteiger partial charge in [0.2, 0.25) is 0 Å². The van der Waals surface area contributed by atoms with Crippen molar-refractivity contribution in [1.82, 2.24) is 0 Å². The van der Waals surface area contributed by atoms with E-state index in [2.05, 4.69) is 63.7 Å². The van der Waals surface area contributed by atoms with Gasteiger partial charge in [0.1, 0.15) is 0 Å². The van der Waals surface area contributed by atoms with Crippen molar-refractivity contribution in [3.8, 4) is 0 Å². The van der Waals surface area contributed by atoms with Gasteiger partial charge in [-0.3, -0.25) is 0 Å². The van der Waals surface area contributed by atoms with Gasteiger partial charge in [-0.25, -0.2) is 0 Å². The first-order valence-electron chi connectivity index (χ1n) is 3.04. The van der Waals surface area contributed by atoms with Gasteiger partial charge in [0, 0.05) is 0 Å². The summed E-state index contributed by atoms with van der Waals surface area (Å²) in [7, 11) is 0. The lowest BCUT2D eigenvalue weighted by Gasteiger charge is -2.14. The van der Waals surface area contributed by atoms with E-state index in [1.807, 2.05) is 0 Å². The van der Waals surface area contributed by atoms with Gasteiger partial charge in [0.15, 0.2) is 2.14 Å². The molecule has 1 aromatic carbocycles. The van der Waals surface area contributed by atoms with Gasteiger partial charge in [-0.05, 0) is 33.6 Å². The van der Waals surface area contributed by atoms with Gasteiger partial charge in [0.25, 0.3) is 0 Å². The average Bonchev–Trinajstić information content (AvgIpc) is 1.97. The molecule has 0 aliphatic heterocycles. The van der Waals surface area contributed by atoms with E-state index in [9.17, 15) is 0 Å². The summed E-state index contributed by atoms with van der Waals surface area (Å²) in [6.07, 6.45) is 0. The molecule has 0 atom stereocenters. The number of hydrogen-bond acceptors (Lipinski definition) is 0. The van der Waals surface area contributed by atoms with Crippen LogP contribution in [-0.2, 0) is 2.14 Å². The third-order valence-corrected chi connectivity index (χ3v) is 4.59. The van der Waals surface area contributed by atoms with Crippen LogP contribution in [-0.4, -0.2) is 0 Å². The SMILES string of the molecule is Clc1cc(C(Br)(Br)Br)cc(Cl)c1Br. The van der Waals surface area contributed by atoms with Crippen molar-refractivity contribution in [2.24, 2.45) is 0 Å². The molecular formula is C7H2Br4Cl2. The molecule has 1 aromatic rings. The first kappa shape index (κ1) is 12.8. The Morgan fingerprint density at radius 2 is 1.38 bits per heavy atom. The van der Waals surface area contributed by atoms with Gasteiger partial charge < -0.3 is 0 Å². The molecule has 0 radical (unpaired) electrons. The Balaban J connectivity index is 3.29. The fourth-order valence-corrected chi connectivity index (χ4v) is 2.12. The molecule has 6 heteroatoms. The molecule has 0 aromatic heterocycles. The summed E-state index contributed by atoms with van der Waals surface area (Å²) in [5.74, 6) is 0. The second-order valence-corrected chi connectivity index (χ2v) is 10.6. The van der Waals surface area contributed by atoms with Crippen LogP contribution in [0.25, 0.3) is 0 Å². The molecule has 0 fully saturated rings. The van der Waals surface area contributed by atoms with Crippen LogP contribution in [0, 0.1) is 0 Å². The summed E-state index contributed by atoms with van der Waals surface area (Å²) < 4.78 is 0.220. The molecule has 0 nitrogen and oxygen atoms in total. The predicted octanol–water partition coefficient (Wildman–Crippen LogP) is 6.05. The van der Waals surface area contributed by atoms with E-state index in [0.29, 0.717) is 14.5 Å². The number of alkyl halides is 3. The van der Waals surface area contributed by atoms with Gasteiger partial charge in [0.05, 0.1) is 14.5 Å². The van der Waals surface area contributed by atoms with Crippen molar-refractivity contribution in [3.63, 3.8) is 0 Å². The summed E-state index contributed by atoms with van der Waals surface area (Å²) in [6, 6.07) is 3.60. The summed E-state index contributed by atoms with van der Waals surface area (Å²) >= 11 is 25.3. The molecule has 0 saturated heterocycles. The number of benzene rings is 1. The fraction of sp³-hybridized carbons (Fsp3) is 0.143. The lowest BCUT2D eigenvalue weighted by molar-refractivity contribution is 1.36. The van der Waals surface area contributed by atoms with Crippen LogP contribution in [0.4, 0.5) is 0 Å². The maximum absolute atomic E-state index is 5.93. The molecule has 0 unspecified atom stereocenters. The minimum atomic E-state index is -0.485. The van der Waals surface area contributed by atoms with E-state index in [0.717, 1.165) is 5.56 Å². The van der Waals surface area contributed by atoms with Crippen LogP contribution < -0.4 is 0 Å². The minimum absolute atomic E-state index is 0.485. The maximum Gasteiger partial charge on any atom is 0.159 e. The molecular weight excluding hydrogens is 475 g/mol. The average molecular weight is 477 g/mol. The van der Waals surface area contributed by atoms with Crippen molar-refractivity contribution in [2.75, 3.05) is 0 Å². The molecule has 0 bridgehead atoms. The van der Waals surface area contributed by atoms with E-state index in [1.165, 1.54) is 0 Å². The van der Waals surface area contributed by atoms with Crippen molar-refractivity contribution < 1.29 is 0 Å². The van der Waals surface area contributed by atoms with Crippen LogP contribution in [0.2, 0.25) is 10.0 Å². The van der Waals surface area contributed by atoms with E-state index < -0.39 is 2.14 Å². The highest BCUT2D eigenvalue weighted by Crippen LogP contribution is 2.47. The Morgan fingerprint density at radius 3 is 1.69 bits per heavy atom. The van der Waals surface area contributed by atoms with E-state index >= 15 is 0 Å². The topological polar surface area (TPSA) is 0 Å². The van der Waals surface area contributed by atoms with E-state index in [4.69, 9.17) is 23.2 Å². The highest BCUT2D eigenvalue weighted by Gasteiger charge is 2.22. The van der Waals surface area contributed by atoms with Crippen molar-refractivity contribution in [1.29, 1.82) is 0 Å². The lowest BCUT2D eigenvalue weighted by atomic mass is 10.2. The second-order valence-electron chi connectivity index (χ2n) is 2.25. The third-order valence-electron chi connectivity index (χ3n) is 1.31. The Kier molecular flexibility index (Phi) is 4.63. The van der Waals surface area contributed by atoms with Crippen molar-refractivity contribution >= 4 is 86.9 Å². The summed E-state index contributed by atoms with van der Waals surface area (Å²) in [6.45, 7) is 0. The van der Waals surface area contributed by atoms with Gasteiger partial charge in [-0.15, -0.1) is 0 Å². The summed E-state index contributed by atoms with van der Waals surface area (Å²) in [4.78, 5) is 0. The zero-order valence-electron chi connectivity index (χ0n) is 5.92. The standard InChI is InChI=1S/C7H2Br4Cl2/c8-6-4(12)1-3(2-5(6)13)7(9,10)11/h1-2H. The molecule has 72 valence electrons. The molecule has 0 heterocycles. The number of hydrogen-bond donors (Lipinski definition) is 0. The zero-order valence-corrected chi connectivity index (χ0v) is 13.8. The van der Waals surface area contributed by atoms with Crippen LogP contribution in [0.15, 0.2) is 16.6 Å². The van der Waals surface area contributed by atoms with Crippen LogP contribution in [0.1, 0.15) is 5.56 Å². The Labute approximate surface area is 120 Å². The van der Waals surface area contributed by atoms with Gasteiger partial charge in [-0.2, -0.15) is 0 Å².